The van der Waals surface area contributed by atoms with Crippen LogP contribution >= 0.6 is 36.2 Å². The Kier molecular flexibility index (Phi) is 8.10. The number of nitrogens with zero attached hydrogens (tertiary/aromatic N) is 1. The van der Waals surface area contributed by atoms with Gasteiger partial charge in [0.2, 0.25) is 5.91 Å². The Morgan fingerprint density at radius 2 is 1.96 bits per heavy atom. The van der Waals surface area contributed by atoms with Crippen molar-refractivity contribution in [1.29, 1.82) is 0 Å². The molecule has 0 radical (unpaired) electrons. The lowest BCUT2D eigenvalue weighted by Gasteiger charge is -2.28. The second-order valence-electron chi connectivity index (χ2n) is 7.22. The predicted octanol–water partition coefficient (Wildman–Crippen LogP) is 4.43. The van der Waals surface area contributed by atoms with Gasteiger partial charge in [0, 0.05) is 12.0 Å². The Morgan fingerprint density at radius 3 is 2.74 bits per heavy atom. The fourth-order valence-corrected chi connectivity index (χ4v) is 5.37. The first kappa shape index (κ1) is 22.2. The van der Waals surface area contributed by atoms with Crippen LogP contribution in [0.15, 0.2) is 36.4 Å². The minimum absolute atomic E-state index is 0. The van der Waals surface area contributed by atoms with Gasteiger partial charge in [-0.25, -0.2) is 4.98 Å². The molecule has 2 aliphatic carbocycles. The van der Waals surface area contributed by atoms with Gasteiger partial charge in [-0.15, -0.1) is 36.2 Å². The summed E-state index contributed by atoms with van der Waals surface area (Å²) >= 11 is 1.73. The highest BCUT2D eigenvalue weighted by Crippen LogP contribution is 2.39. The fourth-order valence-electron chi connectivity index (χ4n) is 4.22. The number of nitrogens with one attached hydrogen (secondary N) is 1. The molecule has 2 aliphatic rings. The number of hydrogen-bond donors (Lipinski definition) is 2. The molecule has 0 aliphatic heterocycles. The summed E-state index contributed by atoms with van der Waals surface area (Å²) in [6, 6.07) is 8.47. The van der Waals surface area contributed by atoms with Gasteiger partial charge in [0.1, 0.15) is 0 Å². The number of fused-ring (bicyclic) bond motifs is 1. The van der Waals surface area contributed by atoms with Crippen molar-refractivity contribution in [1.82, 2.24) is 10.3 Å². The normalized spacial score (nSPS) is 27.0. The Morgan fingerprint density at radius 1 is 1.19 bits per heavy atom. The first-order valence-electron chi connectivity index (χ1n) is 9.27. The molecule has 1 fully saturated rings. The van der Waals surface area contributed by atoms with Crippen LogP contribution in [0.2, 0.25) is 0 Å². The summed E-state index contributed by atoms with van der Waals surface area (Å²) in [5, 5.41) is 4.40. The summed E-state index contributed by atoms with van der Waals surface area (Å²) in [5.41, 5.74) is 6.91. The maximum Gasteiger partial charge on any atom is 0.224 e. The van der Waals surface area contributed by atoms with Crippen molar-refractivity contribution < 1.29 is 4.79 Å². The van der Waals surface area contributed by atoms with Crippen LogP contribution in [0.4, 0.5) is 0 Å². The van der Waals surface area contributed by atoms with E-state index in [-0.39, 0.29) is 48.6 Å². The molecule has 2 aromatic rings. The van der Waals surface area contributed by atoms with Crippen LogP contribution in [0.3, 0.4) is 0 Å². The SMILES string of the molecule is Cl.Cl.NCC1CCCC1NC(=O)C1CC=CCC1c1nc2ccccc2s1. The molecule has 0 bridgehead atoms. The van der Waals surface area contributed by atoms with E-state index in [1.165, 1.54) is 11.1 Å². The lowest BCUT2D eigenvalue weighted by atomic mass is 9.82. The fraction of sp³-hybridized carbons (Fsp3) is 0.500. The van der Waals surface area contributed by atoms with E-state index in [4.69, 9.17) is 10.7 Å². The minimum Gasteiger partial charge on any atom is -0.353 e. The van der Waals surface area contributed by atoms with Crippen molar-refractivity contribution in [2.75, 3.05) is 6.54 Å². The molecular weight excluding hydrogens is 401 g/mol. The Bertz CT molecular complexity index is 761. The predicted molar refractivity (Wildman–Crippen MR) is 117 cm³/mol. The van der Waals surface area contributed by atoms with Crippen LogP contribution in [0.5, 0.6) is 0 Å². The van der Waals surface area contributed by atoms with Gasteiger partial charge < -0.3 is 11.1 Å². The summed E-state index contributed by atoms with van der Waals surface area (Å²) in [6.07, 6.45) is 9.38. The molecule has 0 spiro atoms. The first-order valence-corrected chi connectivity index (χ1v) is 10.1. The molecule has 1 amide bonds. The second kappa shape index (κ2) is 9.87. The van der Waals surface area contributed by atoms with E-state index in [1.807, 2.05) is 18.2 Å². The van der Waals surface area contributed by atoms with Crippen LogP contribution in [0.1, 0.15) is 43.0 Å². The number of thiazole rings is 1. The highest BCUT2D eigenvalue weighted by molar-refractivity contribution is 7.18. The Labute approximate surface area is 176 Å². The third-order valence-corrected chi connectivity index (χ3v) is 6.85. The number of aromatic nitrogens is 1. The summed E-state index contributed by atoms with van der Waals surface area (Å²) in [4.78, 5) is 17.8. The zero-order valence-corrected chi connectivity index (χ0v) is 17.6. The number of para-hydroxylation sites is 1. The van der Waals surface area contributed by atoms with E-state index in [1.54, 1.807) is 11.3 Å². The van der Waals surface area contributed by atoms with Crippen LogP contribution < -0.4 is 11.1 Å². The molecule has 27 heavy (non-hydrogen) atoms. The number of allylic oxidation sites excluding steroid dienone is 2. The number of halogens is 2. The molecule has 7 heteroatoms. The molecule has 4 atom stereocenters. The van der Waals surface area contributed by atoms with E-state index < -0.39 is 0 Å². The number of rotatable bonds is 4. The van der Waals surface area contributed by atoms with Gasteiger partial charge in [-0.2, -0.15) is 0 Å². The number of amides is 1. The molecular formula is C20H27Cl2N3OS. The van der Waals surface area contributed by atoms with Crippen LogP contribution in [-0.2, 0) is 4.79 Å². The first-order chi connectivity index (χ1) is 12.3. The monoisotopic (exact) mass is 427 g/mol. The highest BCUT2D eigenvalue weighted by atomic mass is 35.5. The van der Waals surface area contributed by atoms with E-state index >= 15 is 0 Å². The lowest BCUT2D eigenvalue weighted by molar-refractivity contribution is -0.126. The summed E-state index contributed by atoms with van der Waals surface area (Å²) < 4.78 is 1.20. The molecule has 4 rings (SSSR count). The van der Waals surface area contributed by atoms with Crippen molar-refractivity contribution in [2.24, 2.45) is 17.6 Å². The third kappa shape index (κ3) is 4.65. The maximum atomic E-state index is 13.0. The molecule has 3 N–H and O–H groups in total. The Balaban J connectivity index is 0.00000131. The number of carbonyl (C=O) groups is 1. The molecule has 1 saturated carbocycles. The maximum absolute atomic E-state index is 13.0. The van der Waals surface area contributed by atoms with E-state index in [9.17, 15) is 4.79 Å². The molecule has 1 heterocycles. The van der Waals surface area contributed by atoms with Gasteiger partial charge >= 0.3 is 0 Å². The van der Waals surface area contributed by atoms with Crippen LogP contribution in [-0.4, -0.2) is 23.5 Å². The van der Waals surface area contributed by atoms with Crippen LogP contribution in [0, 0.1) is 11.8 Å². The summed E-state index contributed by atoms with van der Waals surface area (Å²) in [6.45, 7) is 0.664. The molecule has 4 nitrogen and oxygen atoms in total. The molecule has 148 valence electrons. The van der Waals surface area contributed by atoms with E-state index in [2.05, 4.69) is 23.5 Å². The second-order valence-corrected chi connectivity index (χ2v) is 8.28. The topological polar surface area (TPSA) is 68.0 Å². The van der Waals surface area contributed by atoms with Gasteiger partial charge in [0.05, 0.1) is 21.1 Å². The summed E-state index contributed by atoms with van der Waals surface area (Å²) in [5.74, 6) is 0.771. The smallest absolute Gasteiger partial charge is 0.224 e. The van der Waals surface area contributed by atoms with Crippen molar-refractivity contribution in [3.63, 3.8) is 0 Å². The van der Waals surface area contributed by atoms with Crippen molar-refractivity contribution in [2.45, 2.75) is 44.1 Å². The molecule has 0 saturated heterocycles. The largest absolute Gasteiger partial charge is 0.353 e. The summed E-state index contributed by atoms with van der Waals surface area (Å²) in [7, 11) is 0. The van der Waals surface area contributed by atoms with Gasteiger partial charge in [0.15, 0.2) is 0 Å². The quantitative estimate of drug-likeness (QED) is 0.708. The lowest BCUT2D eigenvalue weighted by Crippen LogP contribution is -2.44. The van der Waals surface area contributed by atoms with Gasteiger partial charge in [-0.05, 0) is 50.3 Å². The van der Waals surface area contributed by atoms with Gasteiger partial charge in [-0.1, -0.05) is 30.7 Å². The zero-order chi connectivity index (χ0) is 17.2. The number of carbonyl (C=O) groups excluding carboxylic acids is 1. The van der Waals surface area contributed by atoms with Gasteiger partial charge in [0.25, 0.3) is 0 Å². The molecule has 4 unspecified atom stereocenters. The minimum atomic E-state index is -0.0235. The molecule has 1 aromatic heterocycles. The van der Waals surface area contributed by atoms with Crippen molar-refractivity contribution >= 4 is 52.3 Å². The van der Waals surface area contributed by atoms with E-state index in [0.717, 1.165) is 36.2 Å². The average Bonchev–Trinajstić information content (AvgIpc) is 3.27. The zero-order valence-electron chi connectivity index (χ0n) is 15.2. The highest BCUT2D eigenvalue weighted by Gasteiger charge is 2.35. The number of benzene rings is 1. The molecule has 1 aromatic carbocycles. The van der Waals surface area contributed by atoms with Gasteiger partial charge in [-0.3, -0.25) is 4.79 Å². The van der Waals surface area contributed by atoms with Crippen molar-refractivity contribution in [3.8, 4) is 0 Å². The number of hydrogen-bond acceptors (Lipinski definition) is 4. The standard InChI is InChI=1S/C20H25N3OS.2ClH/c21-12-13-6-5-10-16(13)22-19(24)14-7-1-2-8-15(14)20-23-17-9-3-4-11-18(17)25-20;;/h1-4,9,11,13-16H,5-8,10,12,21H2,(H,22,24);2*1H. The van der Waals surface area contributed by atoms with Crippen LogP contribution in [0.25, 0.3) is 10.2 Å². The average molecular weight is 428 g/mol. The third-order valence-electron chi connectivity index (χ3n) is 5.69. The Hall–Kier alpha value is -1.14. The van der Waals surface area contributed by atoms with Crippen molar-refractivity contribution in [3.05, 3.63) is 41.4 Å². The number of nitrogens with two attached hydrogens (primary N) is 1. The van der Waals surface area contributed by atoms with E-state index in [0.29, 0.717) is 12.5 Å².